The standard InChI is InChI=1S/C21H18N2S/c1-12-13-6-4-10-22-19(13)14-8-9-15-18(17(12)14)20-16(7-5-11-23-20)24-21(15,2)3/h4-12H,1-3H3. The summed E-state index contributed by atoms with van der Waals surface area (Å²) >= 11 is 1.91. The molecule has 0 bridgehead atoms. The molecule has 3 aromatic rings. The van der Waals surface area contributed by atoms with E-state index in [9.17, 15) is 0 Å². The normalized spacial score (nSPS) is 19.2. The molecule has 2 aliphatic rings. The predicted molar refractivity (Wildman–Crippen MR) is 99.3 cm³/mol. The van der Waals surface area contributed by atoms with Crippen LogP contribution in [0.1, 0.15) is 43.4 Å². The van der Waals surface area contributed by atoms with Crippen molar-refractivity contribution in [1.29, 1.82) is 0 Å². The van der Waals surface area contributed by atoms with E-state index in [2.05, 4.69) is 50.0 Å². The van der Waals surface area contributed by atoms with Gasteiger partial charge in [0.1, 0.15) is 0 Å². The van der Waals surface area contributed by atoms with Gasteiger partial charge in [0.25, 0.3) is 0 Å². The van der Waals surface area contributed by atoms with Crippen LogP contribution in [0.25, 0.3) is 22.5 Å². The van der Waals surface area contributed by atoms with E-state index in [1.807, 2.05) is 36.3 Å². The van der Waals surface area contributed by atoms with Crippen molar-refractivity contribution in [2.75, 3.05) is 0 Å². The summed E-state index contributed by atoms with van der Waals surface area (Å²) in [4.78, 5) is 10.7. The second kappa shape index (κ2) is 4.70. The van der Waals surface area contributed by atoms with Crippen molar-refractivity contribution in [3.05, 3.63) is 65.5 Å². The molecule has 1 unspecified atom stereocenters. The Morgan fingerprint density at radius 1 is 0.958 bits per heavy atom. The summed E-state index contributed by atoms with van der Waals surface area (Å²) in [5.41, 5.74) is 8.99. The van der Waals surface area contributed by atoms with E-state index in [1.54, 1.807) is 0 Å². The zero-order valence-electron chi connectivity index (χ0n) is 14.0. The van der Waals surface area contributed by atoms with Crippen LogP contribution in [-0.2, 0) is 4.75 Å². The Labute approximate surface area is 146 Å². The molecule has 0 N–H and O–H groups in total. The average Bonchev–Trinajstić information content (AvgIpc) is 2.88. The second-order valence-corrected chi connectivity index (χ2v) is 8.74. The molecule has 24 heavy (non-hydrogen) atoms. The Hall–Kier alpha value is -2.13. The van der Waals surface area contributed by atoms with E-state index in [0.29, 0.717) is 5.92 Å². The summed E-state index contributed by atoms with van der Waals surface area (Å²) in [6.07, 6.45) is 3.80. The van der Waals surface area contributed by atoms with Crippen LogP contribution in [0, 0.1) is 0 Å². The van der Waals surface area contributed by atoms with Gasteiger partial charge < -0.3 is 0 Å². The van der Waals surface area contributed by atoms with Gasteiger partial charge in [0.15, 0.2) is 0 Å². The highest BCUT2D eigenvalue weighted by Crippen LogP contribution is 2.57. The summed E-state index contributed by atoms with van der Waals surface area (Å²) in [5.74, 6) is 0.354. The first-order valence-corrected chi connectivity index (χ1v) is 9.16. The molecule has 3 heteroatoms. The molecule has 2 aromatic heterocycles. The Bertz CT molecular complexity index is 991. The smallest absolute Gasteiger partial charge is 0.0844 e. The topological polar surface area (TPSA) is 25.8 Å². The molecule has 5 rings (SSSR count). The zero-order valence-corrected chi connectivity index (χ0v) is 14.8. The molecule has 0 fully saturated rings. The van der Waals surface area contributed by atoms with E-state index >= 15 is 0 Å². The molecular formula is C21H18N2S. The monoisotopic (exact) mass is 330 g/mol. The van der Waals surface area contributed by atoms with Gasteiger partial charge in [-0.2, -0.15) is 0 Å². The van der Waals surface area contributed by atoms with Gasteiger partial charge in [-0.05, 0) is 48.7 Å². The molecule has 3 heterocycles. The van der Waals surface area contributed by atoms with Crippen molar-refractivity contribution in [2.24, 2.45) is 0 Å². The number of fused-ring (bicyclic) bond motifs is 7. The van der Waals surface area contributed by atoms with E-state index in [1.165, 1.54) is 32.7 Å². The molecule has 0 radical (unpaired) electrons. The minimum absolute atomic E-state index is 0.0440. The number of nitrogens with zero attached hydrogens (tertiary/aromatic N) is 2. The van der Waals surface area contributed by atoms with Crippen molar-refractivity contribution < 1.29 is 0 Å². The molecule has 0 spiro atoms. The lowest BCUT2D eigenvalue weighted by atomic mass is 9.85. The third kappa shape index (κ3) is 1.73. The first-order chi connectivity index (χ1) is 11.6. The number of hydrogen-bond donors (Lipinski definition) is 0. The van der Waals surface area contributed by atoms with Crippen LogP contribution < -0.4 is 0 Å². The lowest BCUT2D eigenvalue weighted by Gasteiger charge is -2.34. The Morgan fingerprint density at radius 3 is 2.54 bits per heavy atom. The average molecular weight is 330 g/mol. The van der Waals surface area contributed by atoms with E-state index in [-0.39, 0.29) is 4.75 Å². The van der Waals surface area contributed by atoms with Crippen molar-refractivity contribution in [2.45, 2.75) is 36.3 Å². The molecular weight excluding hydrogens is 312 g/mol. The number of benzene rings is 1. The molecule has 118 valence electrons. The fourth-order valence-electron chi connectivity index (χ4n) is 4.17. The van der Waals surface area contributed by atoms with Gasteiger partial charge in [0, 0.05) is 39.1 Å². The fourth-order valence-corrected chi connectivity index (χ4v) is 5.40. The van der Waals surface area contributed by atoms with Crippen molar-refractivity contribution >= 4 is 11.8 Å². The summed E-state index contributed by atoms with van der Waals surface area (Å²) in [6, 6.07) is 13.0. The molecule has 0 saturated carbocycles. The third-order valence-electron chi connectivity index (χ3n) is 5.26. The van der Waals surface area contributed by atoms with Crippen LogP contribution in [0.4, 0.5) is 0 Å². The van der Waals surface area contributed by atoms with E-state index in [0.717, 1.165) is 11.4 Å². The highest BCUT2D eigenvalue weighted by Gasteiger charge is 2.38. The minimum Gasteiger partial charge on any atom is -0.256 e. The van der Waals surface area contributed by atoms with Crippen molar-refractivity contribution in [1.82, 2.24) is 9.97 Å². The van der Waals surface area contributed by atoms with Gasteiger partial charge in [0.05, 0.1) is 11.4 Å². The van der Waals surface area contributed by atoms with Crippen molar-refractivity contribution in [3.63, 3.8) is 0 Å². The van der Waals surface area contributed by atoms with E-state index in [4.69, 9.17) is 4.98 Å². The number of hydrogen-bond acceptors (Lipinski definition) is 3. The van der Waals surface area contributed by atoms with Gasteiger partial charge in [-0.3, -0.25) is 9.97 Å². The van der Waals surface area contributed by atoms with Gasteiger partial charge in [-0.25, -0.2) is 0 Å². The summed E-state index contributed by atoms with van der Waals surface area (Å²) in [5, 5.41) is 0. The van der Waals surface area contributed by atoms with Crippen LogP contribution in [-0.4, -0.2) is 9.97 Å². The summed E-state index contributed by atoms with van der Waals surface area (Å²) in [7, 11) is 0. The molecule has 0 amide bonds. The SMILES string of the molecule is CC1c2cccnc2-c2ccc3c(c21)-c1ncccc1SC3(C)C. The fraction of sp³-hybridized carbons (Fsp3) is 0.238. The molecule has 1 aliphatic carbocycles. The third-order valence-corrected chi connectivity index (χ3v) is 6.54. The number of rotatable bonds is 0. The van der Waals surface area contributed by atoms with Gasteiger partial charge >= 0.3 is 0 Å². The highest BCUT2D eigenvalue weighted by atomic mass is 32.2. The number of thioether (sulfide) groups is 1. The summed E-state index contributed by atoms with van der Waals surface area (Å²) in [6.45, 7) is 6.91. The Morgan fingerprint density at radius 2 is 1.71 bits per heavy atom. The lowest BCUT2D eigenvalue weighted by molar-refractivity contribution is 0.771. The highest BCUT2D eigenvalue weighted by molar-refractivity contribution is 8.00. The van der Waals surface area contributed by atoms with Gasteiger partial charge in [-0.15, -0.1) is 11.8 Å². The number of aromatic nitrogens is 2. The maximum atomic E-state index is 4.76. The van der Waals surface area contributed by atoms with Crippen LogP contribution in [0.5, 0.6) is 0 Å². The summed E-state index contributed by atoms with van der Waals surface area (Å²) < 4.78 is 0.0440. The second-order valence-electron chi connectivity index (χ2n) is 7.07. The lowest BCUT2D eigenvalue weighted by Crippen LogP contribution is -2.19. The van der Waals surface area contributed by atoms with Crippen LogP contribution >= 0.6 is 11.8 Å². The predicted octanol–water partition coefficient (Wildman–Crippen LogP) is 5.62. The van der Waals surface area contributed by atoms with Crippen LogP contribution in [0.3, 0.4) is 0 Å². The molecule has 0 saturated heterocycles. The maximum absolute atomic E-state index is 4.76. The minimum atomic E-state index is 0.0440. The van der Waals surface area contributed by atoms with Crippen LogP contribution in [0.15, 0.2) is 53.7 Å². The van der Waals surface area contributed by atoms with E-state index < -0.39 is 0 Å². The molecule has 1 aromatic carbocycles. The Kier molecular flexibility index (Phi) is 2.79. The van der Waals surface area contributed by atoms with Crippen molar-refractivity contribution in [3.8, 4) is 22.5 Å². The largest absolute Gasteiger partial charge is 0.256 e. The first kappa shape index (κ1) is 14.2. The van der Waals surface area contributed by atoms with Gasteiger partial charge in [-0.1, -0.05) is 25.1 Å². The maximum Gasteiger partial charge on any atom is 0.0844 e. The molecule has 1 aliphatic heterocycles. The van der Waals surface area contributed by atoms with Crippen LogP contribution in [0.2, 0.25) is 0 Å². The number of pyridine rings is 2. The zero-order chi connectivity index (χ0) is 16.5. The molecule has 1 atom stereocenters. The quantitative estimate of drug-likeness (QED) is 0.535. The Balaban J connectivity index is 1.90. The van der Waals surface area contributed by atoms with Gasteiger partial charge in [0.2, 0.25) is 0 Å². The molecule has 2 nitrogen and oxygen atoms in total. The first-order valence-electron chi connectivity index (χ1n) is 8.35.